The van der Waals surface area contributed by atoms with Crippen LogP contribution in [0.4, 0.5) is 0 Å². The van der Waals surface area contributed by atoms with Crippen molar-refractivity contribution in [3.8, 4) is 0 Å². The second kappa shape index (κ2) is 6.64. The molecule has 2 aromatic rings. The zero-order valence-corrected chi connectivity index (χ0v) is 15.8. The summed E-state index contributed by atoms with van der Waals surface area (Å²) in [5, 5.41) is 0. The molecule has 124 valence electrons. The number of hydrogen-bond acceptors (Lipinski definition) is 2. The van der Waals surface area contributed by atoms with E-state index in [-0.39, 0.29) is 17.5 Å². The minimum Gasteiger partial charge on any atom is -0.298 e. The largest absolute Gasteiger partial charge is 0.298 e. The van der Waals surface area contributed by atoms with Crippen molar-refractivity contribution in [1.82, 2.24) is 0 Å². The first-order chi connectivity index (χ1) is 11.4. The minimum absolute atomic E-state index is 0.00943. The van der Waals surface area contributed by atoms with Gasteiger partial charge in [-0.2, -0.15) is 0 Å². The number of aryl methyl sites for hydroxylation is 3. The van der Waals surface area contributed by atoms with Crippen molar-refractivity contribution in [3.63, 3.8) is 0 Å². The number of carbonyl (C=O) groups excluding carboxylic acids is 2. The zero-order chi connectivity index (χ0) is 17.4. The fourth-order valence-corrected chi connectivity index (χ4v) is 4.35. The summed E-state index contributed by atoms with van der Waals surface area (Å²) in [7, 11) is 0. The van der Waals surface area contributed by atoms with E-state index in [9.17, 15) is 9.59 Å². The molecule has 2 nitrogen and oxygen atoms in total. The first kappa shape index (κ1) is 17.1. The number of Topliss-reactive ketones (excluding diaryl/α,β-unsaturated/α-hetero) is 2. The maximum atomic E-state index is 12.8. The Balaban J connectivity index is 1.93. The van der Waals surface area contributed by atoms with Crippen molar-refractivity contribution in [2.45, 2.75) is 45.4 Å². The van der Waals surface area contributed by atoms with Gasteiger partial charge in [0.25, 0.3) is 0 Å². The van der Waals surface area contributed by atoms with Crippen molar-refractivity contribution < 1.29 is 9.59 Å². The lowest BCUT2D eigenvalue weighted by Crippen LogP contribution is -2.31. The first-order valence-electron chi connectivity index (χ1n) is 8.25. The van der Waals surface area contributed by atoms with Gasteiger partial charge < -0.3 is 0 Å². The lowest BCUT2D eigenvalue weighted by atomic mass is 9.72. The van der Waals surface area contributed by atoms with E-state index >= 15 is 0 Å². The monoisotopic (exact) mass is 384 g/mol. The van der Waals surface area contributed by atoms with Crippen LogP contribution in [0.3, 0.4) is 0 Å². The van der Waals surface area contributed by atoms with Gasteiger partial charge in [-0.3, -0.25) is 9.59 Å². The standard InChI is InChI=1S/C21H21BrO2/c1-12-7-13(2)20(14(3)8-12)21-18(23)10-16(11-19(21)24)15-5-4-6-17(22)9-15/h4-9,16,21H,10-11H2,1-3H3. The number of hydrogen-bond donors (Lipinski definition) is 0. The Morgan fingerprint density at radius 2 is 1.50 bits per heavy atom. The normalized spacial score (nSPS) is 21.2. The molecule has 0 spiro atoms. The first-order valence-corrected chi connectivity index (χ1v) is 9.04. The fraction of sp³-hybridized carbons (Fsp3) is 0.333. The Bertz CT molecular complexity index is 781. The highest BCUT2D eigenvalue weighted by Gasteiger charge is 2.38. The zero-order valence-electron chi connectivity index (χ0n) is 14.2. The second-order valence-corrected chi connectivity index (χ2v) is 7.75. The van der Waals surface area contributed by atoms with Crippen LogP contribution in [-0.4, -0.2) is 11.6 Å². The molecule has 3 heteroatoms. The number of rotatable bonds is 2. The number of halogens is 1. The lowest BCUT2D eigenvalue weighted by molar-refractivity contribution is -0.132. The van der Waals surface area contributed by atoms with Crippen LogP contribution in [0, 0.1) is 20.8 Å². The van der Waals surface area contributed by atoms with Gasteiger partial charge in [0.05, 0.1) is 0 Å². The van der Waals surface area contributed by atoms with Gasteiger partial charge in [-0.05, 0) is 61.1 Å². The van der Waals surface area contributed by atoms with E-state index in [1.807, 2.05) is 45.0 Å². The average Bonchev–Trinajstić information content (AvgIpc) is 2.48. The quantitative estimate of drug-likeness (QED) is 0.668. The molecule has 1 aliphatic rings. The van der Waals surface area contributed by atoms with E-state index < -0.39 is 5.92 Å². The van der Waals surface area contributed by atoms with Crippen LogP contribution >= 0.6 is 15.9 Å². The highest BCUT2D eigenvalue weighted by molar-refractivity contribution is 9.10. The summed E-state index contributed by atoms with van der Waals surface area (Å²) in [5.41, 5.74) is 5.22. The molecule has 1 saturated carbocycles. The SMILES string of the molecule is Cc1cc(C)c(C2C(=O)CC(c3cccc(Br)c3)CC2=O)c(C)c1. The van der Waals surface area contributed by atoms with Gasteiger partial charge in [0.15, 0.2) is 0 Å². The topological polar surface area (TPSA) is 34.1 Å². The van der Waals surface area contributed by atoms with Crippen LogP contribution in [0.25, 0.3) is 0 Å². The molecule has 0 unspecified atom stereocenters. The fourth-order valence-electron chi connectivity index (χ4n) is 3.94. The maximum Gasteiger partial charge on any atom is 0.148 e. The van der Waals surface area contributed by atoms with E-state index in [2.05, 4.69) is 28.1 Å². The highest BCUT2D eigenvalue weighted by Crippen LogP contribution is 2.38. The molecule has 2 aromatic carbocycles. The van der Waals surface area contributed by atoms with Crippen molar-refractivity contribution in [2.75, 3.05) is 0 Å². The Hall–Kier alpha value is -1.74. The molecule has 0 N–H and O–H groups in total. The highest BCUT2D eigenvalue weighted by atomic mass is 79.9. The third kappa shape index (κ3) is 3.23. The van der Waals surface area contributed by atoms with Gasteiger partial charge in [-0.15, -0.1) is 0 Å². The summed E-state index contributed by atoms with van der Waals surface area (Å²) in [5.74, 6) is -0.503. The van der Waals surface area contributed by atoms with Crippen molar-refractivity contribution in [3.05, 3.63) is 68.7 Å². The molecule has 3 rings (SSSR count). The molecule has 0 bridgehead atoms. The smallest absolute Gasteiger partial charge is 0.148 e. The van der Waals surface area contributed by atoms with E-state index in [1.165, 1.54) is 0 Å². The van der Waals surface area contributed by atoms with Crippen LogP contribution in [0.1, 0.15) is 52.5 Å². The molecular weight excluding hydrogens is 364 g/mol. The van der Waals surface area contributed by atoms with Gasteiger partial charge in [0.1, 0.15) is 17.5 Å². The Morgan fingerprint density at radius 1 is 0.917 bits per heavy atom. The summed E-state index contributed by atoms with van der Waals surface area (Å²) in [6, 6.07) is 12.0. The van der Waals surface area contributed by atoms with Gasteiger partial charge >= 0.3 is 0 Å². The van der Waals surface area contributed by atoms with Crippen molar-refractivity contribution in [2.24, 2.45) is 0 Å². The molecule has 24 heavy (non-hydrogen) atoms. The predicted octanol–water partition coefficient (Wildman–Crippen LogP) is 5.17. The molecule has 0 aromatic heterocycles. The summed E-state index contributed by atoms with van der Waals surface area (Å²) < 4.78 is 0.979. The van der Waals surface area contributed by atoms with E-state index in [0.717, 1.165) is 32.3 Å². The third-order valence-corrected chi connectivity index (χ3v) is 5.38. The molecular formula is C21H21BrO2. The van der Waals surface area contributed by atoms with Gasteiger partial charge in [0, 0.05) is 17.3 Å². The molecule has 0 radical (unpaired) electrons. The summed E-state index contributed by atoms with van der Waals surface area (Å²) in [6.07, 6.45) is 0.860. The van der Waals surface area contributed by atoms with E-state index in [4.69, 9.17) is 0 Å². The van der Waals surface area contributed by atoms with E-state index in [0.29, 0.717) is 12.8 Å². The van der Waals surface area contributed by atoms with Crippen LogP contribution in [-0.2, 0) is 9.59 Å². The Morgan fingerprint density at radius 3 is 2.04 bits per heavy atom. The van der Waals surface area contributed by atoms with Crippen LogP contribution < -0.4 is 0 Å². The number of ketones is 2. The second-order valence-electron chi connectivity index (χ2n) is 6.84. The summed E-state index contributed by atoms with van der Waals surface area (Å²) >= 11 is 3.46. The van der Waals surface area contributed by atoms with Crippen LogP contribution in [0.15, 0.2) is 40.9 Å². The summed E-state index contributed by atoms with van der Waals surface area (Å²) in [4.78, 5) is 25.7. The average molecular weight is 385 g/mol. The Kier molecular flexibility index (Phi) is 4.73. The minimum atomic E-state index is -0.589. The Labute approximate surface area is 151 Å². The number of benzene rings is 2. The van der Waals surface area contributed by atoms with Crippen LogP contribution in [0.2, 0.25) is 0 Å². The van der Waals surface area contributed by atoms with Gasteiger partial charge in [-0.25, -0.2) is 0 Å². The van der Waals surface area contributed by atoms with Gasteiger partial charge in [0.2, 0.25) is 0 Å². The number of carbonyl (C=O) groups is 2. The van der Waals surface area contributed by atoms with Crippen LogP contribution in [0.5, 0.6) is 0 Å². The van der Waals surface area contributed by atoms with E-state index in [1.54, 1.807) is 0 Å². The molecule has 1 aliphatic carbocycles. The van der Waals surface area contributed by atoms with Crippen molar-refractivity contribution >= 4 is 27.5 Å². The van der Waals surface area contributed by atoms with Gasteiger partial charge in [-0.1, -0.05) is 45.8 Å². The molecule has 0 heterocycles. The lowest BCUT2D eigenvalue weighted by Gasteiger charge is -2.29. The molecule has 0 aliphatic heterocycles. The third-order valence-electron chi connectivity index (χ3n) is 4.89. The molecule has 0 amide bonds. The van der Waals surface area contributed by atoms with Crippen molar-refractivity contribution in [1.29, 1.82) is 0 Å². The molecule has 1 fully saturated rings. The molecule has 0 saturated heterocycles. The predicted molar refractivity (Wildman–Crippen MR) is 99.5 cm³/mol. The maximum absolute atomic E-state index is 12.8. The summed E-state index contributed by atoms with van der Waals surface area (Å²) in [6.45, 7) is 6.03. The molecule has 0 atom stereocenters.